The molecule has 100 valence electrons. The SMILES string of the molecule is CC1C(=O)Nc2ccc(NC(=O)c3cccnc3)cc21. The highest BCUT2D eigenvalue weighted by atomic mass is 16.2. The lowest BCUT2D eigenvalue weighted by Crippen LogP contribution is -2.12. The number of hydrogen-bond acceptors (Lipinski definition) is 3. The van der Waals surface area contributed by atoms with Crippen LogP contribution >= 0.6 is 0 Å². The zero-order valence-electron chi connectivity index (χ0n) is 10.9. The molecule has 2 amide bonds. The van der Waals surface area contributed by atoms with Gasteiger partial charge in [0.15, 0.2) is 0 Å². The molecule has 20 heavy (non-hydrogen) atoms. The van der Waals surface area contributed by atoms with Crippen molar-refractivity contribution >= 4 is 23.2 Å². The lowest BCUT2D eigenvalue weighted by atomic mass is 10.0. The zero-order valence-corrected chi connectivity index (χ0v) is 10.9. The van der Waals surface area contributed by atoms with Gasteiger partial charge < -0.3 is 10.6 Å². The molecular formula is C15H13N3O2. The van der Waals surface area contributed by atoms with Gasteiger partial charge in [-0.15, -0.1) is 0 Å². The number of fused-ring (bicyclic) bond motifs is 1. The van der Waals surface area contributed by atoms with E-state index in [-0.39, 0.29) is 17.7 Å². The maximum absolute atomic E-state index is 12.0. The summed E-state index contributed by atoms with van der Waals surface area (Å²) in [5.41, 5.74) is 2.87. The molecule has 2 N–H and O–H groups in total. The van der Waals surface area contributed by atoms with Crippen LogP contribution in [-0.4, -0.2) is 16.8 Å². The van der Waals surface area contributed by atoms with Crippen molar-refractivity contribution in [1.82, 2.24) is 4.98 Å². The second kappa shape index (κ2) is 4.77. The quantitative estimate of drug-likeness (QED) is 0.877. The molecule has 1 aliphatic rings. The Morgan fingerprint density at radius 1 is 1.35 bits per heavy atom. The second-order valence-corrected chi connectivity index (χ2v) is 4.71. The van der Waals surface area contributed by atoms with Gasteiger partial charge in [0, 0.05) is 23.8 Å². The molecule has 5 nitrogen and oxygen atoms in total. The minimum absolute atomic E-state index is 0.0178. The predicted molar refractivity (Wildman–Crippen MR) is 75.7 cm³/mol. The van der Waals surface area contributed by atoms with Crippen LogP contribution < -0.4 is 10.6 Å². The van der Waals surface area contributed by atoms with Crippen LogP contribution in [0.4, 0.5) is 11.4 Å². The Morgan fingerprint density at radius 2 is 2.20 bits per heavy atom. The van der Waals surface area contributed by atoms with Crippen LogP contribution in [0.1, 0.15) is 28.8 Å². The van der Waals surface area contributed by atoms with E-state index in [2.05, 4.69) is 15.6 Å². The Bertz CT molecular complexity index is 683. The van der Waals surface area contributed by atoms with Gasteiger partial charge in [0.05, 0.1) is 11.5 Å². The van der Waals surface area contributed by atoms with Crippen LogP contribution in [0, 0.1) is 0 Å². The first-order valence-corrected chi connectivity index (χ1v) is 6.31. The lowest BCUT2D eigenvalue weighted by molar-refractivity contribution is -0.116. The summed E-state index contributed by atoms with van der Waals surface area (Å²) >= 11 is 0. The van der Waals surface area contributed by atoms with Gasteiger partial charge in [0.1, 0.15) is 0 Å². The van der Waals surface area contributed by atoms with E-state index in [1.807, 2.05) is 13.0 Å². The number of carbonyl (C=O) groups is 2. The number of benzene rings is 1. The van der Waals surface area contributed by atoms with Crippen molar-refractivity contribution in [2.24, 2.45) is 0 Å². The highest BCUT2D eigenvalue weighted by Crippen LogP contribution is 2.34. The summed E-state index contributed by atoms with van der Waals surface area (Å²) in [6.07, 6.45) is 3.13. The summed E-state index contributed by atoms with van der Waals surface area (Å²) in [6.45, 7) is 1.84. The van der Waals surface area contributed by atoms with Crippen molar-refractivity contribution in [3.8, 4) is 0 Å². The van der Waals surface area contributed by atoms with Gasteiger partial charge in [0.2, 0.25) is 5.91 Å². The largest absolute Gasteiger partial charge is 0.325 e. The van der Waals surface area contributed by atoms with Crippen molar-refractivity contribution < 1.29 is 9.59 Å². The number of pyridine rings is 1. The first-order valence-electron chi connectivity index (χ1n) is 6.31. The van der Waals surface area contributed by atoms with Crippen LogP contribution in [0.5, 0.6) is 0 Å². The van der Waals surface area contributed by atoms with Gasteiger partial charge in [-0.05, 0) is 42.8 Å². The molecule has 1 aliphatic heterocycles. The Kier molecular flexibility index (Phi) is 2.95. The fourth-order valence-electron chi connectivity index (χ4n) is 2.20. The number of nitrogens with one attached hydrogen (secondary N) is 2. The molecule has 0 saturated carbocycles. The molecule has 0 aliphatic carbocycles. The number of nitrogens with zero attached hydrogens (tertiary/aromatic N) is 1. The molecule has 0 saturated heterocycles. The van der Waals surface area contributed by atoms with Crippen molar-refractivity contribution in [3.63, 3.8) is 0 Å². The third-order valence-electron chi connectivity index (χ3n) is 3.35. The minimum Gasteiger partial charge on any atom is -0.325 e. The predicted octanol–water partition coefficient (Wildman–Crippen LogP) is 2.39. The first-order chi connectivity index (χ1) is 9.65. The van der Waals surface area contributed by atoms with E-state index in [0.717, 1.165) is 11.3 Å². The van der Waals surface area contributed by atoms with Gasteiger partial charge in [-0.25, -0.2) is 0 Å². The standard InChI is InChI=1S/C15H13N3O2/c1-9-12-7-11(4-5-13(12)18-14(9)19)17-15(20)10-3-2-6-16-8-10/h2-9H,1H3,(H,17,20)(H,18,19). The summed E-state index contributed by atoms with van der Waals surface area (Å²) < 4.78 is 0. The highest BCUT2D eigenvalue weighted by molar-refractivity contribution is 6.06. The minimum atomic E-state index is -0.219. The first kappa shape index (κ1) is 12.3. The Balaban J connectivity index is 1.83. The average Bonchev–Trinajstić information content (AvgIpc) is 2.75. The summed E-state index contributed by atoms with van der Waals surface area (Å²) in [5, 5.41) is 5.60. The fraction of sp³-hybridized carbons (Fsp3) is 0.133. The molecule has 2 aromatic rings. The highest BCUT2D eigenvalue weighted by Gasteiger charge is 2.26. The van der Waals surface area contributed by atoms with Crippen LogP contribution in [0.2, 0.25) is 0 Å². The Morgan fingerprint density at radius 3 is 2.95 bits per heavy atom. The molecule has 0 bridgehead atoms. The van der Waals surface area contributed by atoms with Crippen molar-refractivity contribution in [2.45, 2.75) is 12.8 Å². The molecule has 1 atom stereocenters. The van der Waals surface area contributed by atoms with E-state index >= 15 is 0 Å². The van der Waals surface area contributed by atoms with Gasteiger partial charge in [-0.2, -0.15) is 0 Å². The third kappa shape index (κ3) is 2.14. The molecule has 1 aromatic heterocycles. The van der Waals surface area contributed by atoms with Crippen LogP contribution in [0.15, 0.2) is 42.7 Å². The normalized spacial score (nSPS) is 16.4. The maximum atomic E-state index is 12.0. The van der Waals surface area contributed by atoms with Crippen LogP contribution in [0.25, 0.3) is 0 Å². The van der Waals surface area contributed by atoms with E-state index in [4.69, 9.17) is 0 Å². The summed E-state index contributed by atoms with van der Waals surface area (Å²) in [4.78, 5) is 27.5. The lowest BCUT2D eigenvalue weighted by Gasteiger charge is -2.08. The van der Waals surface area contributed by atoms with Crippen molar-refractivity contribution in [2.75, 3.05) is 10.6 Å². The van der Waals surface area contributed by atoms with Gasteiger partial charge in [0.25, 0.3) is 5.91 Å². The number of hydrogen-bond donors (Lipinski definition) is 2. The summed E-state index contributed by atoms with van der Waals surface area (Å²) in [7, 11) is 0. The fourth-order valence-corrected chi connectivity index (χ4v) is 2.20. The monoisotopic (exact) mass is 267 g/mol. The molecule has 5 heteroatoms. The van der Waals surface area contributed by atoms with Crippen LogP contribution in [-0.2, 0) is 4.79 Å². The van der Waals surface area contributed by atoms with Crippen molar-refractivity contribution in [1.29, 1.82) is 0 Å². The number of carbonyl (C=O) groups excluding carboxylic acids is 2. The maximum Gasteiger partial charge on any atom is 0.257 e. The van der Waals surface area contributed by atoms with E-state index in [1.165, 1.54) is 6.20 Å². The zero-order chi connectivity index (χ0) is 14.1. The average molecular weight is 267 g/mol. The molecule has 1 unspecified atom stereocenters. The summed E-state index contributed by atoms with van der Waals surface area (Å²) in [6, 6.07) is 8.80. The van der Waals surface area contributed by atoms with E-state index in [1.54, 1.807) is 30.5 Å². The molecule has 0 spiro atoms. The van der Waals surface area contributed by atoms with Gasteiger partial charge >= 0.3 is 0 Å². The number of anilines is 2. The van der Waals surface area contributed by atoms with Gasteiger partial charge in [-0.3, -0.25) is 14.6 Å². The second-order valence-electron chi connectivity index (χ2n) is 4.71. The topological polar surface area (TPSA) is 71.1 Å². The molecule has 0 fully saturated rings. The summed E-state index contributed by atoms with van der Waals surface area (Å²) in [5.74, 6) is -0.432. The number of rotatable bonds is 2. The van der Waals surface area contributed by atoms with E-state index in [0.29, 0.717) is 11.3 Å². The van der Waals surface area contributed by atoms with E-state index < -0.39 is 0 Å². The number of aromatic nitrogens is 1. The molecule has 1 aromatic carbocycles. The smallest absolute Gasteiger partial charge is 0.257 e. The Hall–Kier alpha value is -2.69. The molecule has 0 radical (unpaired) electrons. The third-order valence-corrected chi connectivity index (χ3v) is 3.35. The number of amides is 2. The molecular weight excluding hydrogens is 254 g/mol. The van der Waals surface area contributed by atoms with Crippen LogP contribution in [0.3, 0.4) is 0 Å². The van der Waals surface area contributed by atoms with Gasteiger partial charge in [-0.1, -0.05) is 0 Å². The van der Waals surface area contributed by atoms with Crippen molar-refractivity contribution in [3.05, 3.63) is 53.9 Å². The molecule has 2 heterocycles. The Labute approximate surface area is 116 Å². The molecule has 3 rings (SSSR count). The van der Waals surface area contributed by atoms with E-state index in [9.17, 15) is 9.59 Å².